The SMILES string of the molecule is CC1CCC(C(C)C)C(C(=O)OC2COC(OC(=O)C3CC(C)CCC3C(C)C)CO2)C1. The summed E-state index contributed by atoms with van der Waals surface area (Å²) in [6, 6.07) is 0. The van der Waals surface area contributed by atoms with Crippen LogP contribution in [0.4, 0.5) is 0 Å². The maximum atomic E-state index is 12.9. The second kappa shape index (κ2) is 11.3. The van der Waals surface area contributed by atoms with Gasteiger partial charge in [-0.3, -0.25) is 9.59 Å². The van der Waals surface area contributed by atoms with E-state index >= 15 is 0 Å². The molecule has 1 aliphatic heterocycles. The van der Waals surface area contributed by atoms with E-state index in [1.165, 1.54) is 12.8 Å². The van der Waals surface area contributed by atoms with Gasteiger partial charge in [0.1, 0.15) is 13.2 Å². The molecule has 2 saturated carbocycles. The minimum absolute atomic E-state index is 0.0841. The second-order valence-corrected chi connectivity index (χ2v) is 11.3. The molecule has 3 fully saturated rings. The highest BCUT2D eigenvalue weighted by Crippen LogP contribution is 2.40. The molecule has 8 unspecified atom stereocenters. The van der Waals surface area contributed by atoms with E-state index in [4.69, 9.17) is 18.9 Å². The summed E-state index contributed by atoms with van der Waals surface area (Å²) in [7, 11) is 0. The molecule has 32 heavy (non-hydrogen) atoms. The van der Waals surface area contributed by atoms with Gasteiger partial charge in [-0.05, 0) is 61.2 Å². The van der Waals surface area contributed by atoms with Gasteiger partial charge in [0, 0.05) is 0 Å². The van der Waals surface area contributed by atoms with Gasteiger partial charge in [0.2, 0.25) is 12.6 Å². The summed E-state index contributed by atoms with van der Waals surface area (Å²) in [4.78, 5) is 25.8. The van der Waals surface area contributed by atoms with E-state index < -0.39 is 12.6 Å². The van der Waals surface area contributed by atoms with Crippen LogP contribution in [0.25, 0.3) is 0 Å². The highest BCUT2D eigenvalue weighted by molar-refractivity contribution is 5.73. The monoisotopic (exact) mass is 452 g/mol. The van der Waals surface area contributed by atoms with Gasteiger partial charge in [0.25, 0.3) is 0 Å². The Morgan fingerprint density at radius 3 is 1.38 bits per heavy atom. The number of esters is 2. The van der Waals surface area contributed by atoms with Gasteiger partial charge in [-0.25, -0.2) is 0 Å². The molecule has 0 aromatic carbocycles. The third-order valence-electron chi connectivity index (χ3n) is 7.98. The quantitative estimate of drug-likeness (QED) is 0.517. The molecule has 8 atom stereocenters. The molecule has 184 valence electrons. The van der Waals surface area contributed by atoms with E-state index in [1.807, 2.05) is 0 Å². The van der Waals surface area contributed by atoms with Crippen LogP contribution < -0.4 is 0 Å². The molecule has 6 heteroatoms. The molecule has 0 aromatic rings. The van der Waals surface area contributed by atoms with Gasteiger partial charge in [-0.1, -0.05) is 54.4 Å². The minimum atomic E-state index is -0.736. The van der Waals surface area contributed by atoms with Crippen LogP contribution in [0.2, 0.25) is 0 Å². The highest BCUT2D eigenvalue weighted by atomic mass is 16.8. The van der Waals surface area contributed by atoms with Crippen LogP contribution in [0.3, 0.4) is 0 Å². The Hall–Kier alpha value is -1.14. The lowest BCUT2D eigenvalue weighted by Crippen LogP contribution is -2.44. The fraction of sp³-hybridized carbons (Fsp3) is 0.923. The van der Waals surface area contributed by atoms with Crippen LogP contribution in [0.5, 0.6) is 0 Å². The van der Waals surface area contributed by atoms with Crippen molar-refractivity contribution in [2.24, 2.45) is 47.3 Å². The van der Waals surface area contributed by atoms with Gasteiger partial charge in [0.05, 0.1) is 11.8 Å². The molecule has 3 aliphatic rings. The molecule has 1 heterocycles. The van der Waals surface area contributed by atoms with E-state index in [-0.39, 0.29) is 37.0 Å². The lowest BCUT2D eigenvalue weighted by Gasteiger charge is -2.38. The lowest BCUT2D eigenvalue weighted by atomic mass is 9.70. The Labute approximate surface area is 194 Å². The fourth-order valence-corrected chi connectivity index (χ4v) is 5.98. The van der Waals surface area contributed by atoms with Crippen LogP contribution in [-0.2, 0) is 28.5 Å². The third kappa shape index (κ3) is 6.47. The average Bonchev–Trinajstić information content (AvgIpc) is 2.74. The first-order valence-corrected chi connectivity index (χ1v) is 12.8. The average molecular weight is 453 g/mol. The van der Waals surface area contributed by atoms with Crippen molar-refractivity contribution in [3.63, 3.8) is 0 Å². The highest BCUT2D eigenvalue weighted by Gasteiger charge is 2.40. The third-order valence-corrected chi connectivity index (χ3v) is 7.98. The number of rotatable bonds is 6. The van der Waals surface area contributed by atoms with E-state index in [1.54, 1.807) is 0 Å². The molecular formula is C26H44O6. The Morgan fingerprint density at radius 1 is 0.688 bits per heavy atom. The summed E-state index contributed by atoms with van der Waals surface area (Å²) in [5, 5.41) is 0. The predicted octanol–water partition coefficient (Wildman–Crippen LogP) is 5.19. The summed E-state index contributed by atoms with van der Waals surface area (Å²) < 4.78 is 22.8. The Bertz CT molecular complexity index is 570. The molecule has 0 N–H and O–H groups in total. The van der Waals surface area contributed by atoms with Crippen LogP contribution in [0.1, 0.15) is 80.1 Å². The van der Waals surface area contributed by atoms with E-state index in [9.17, 15) is 9.59 Å². The first kappa shape index (κ1) is 25.5. The fourth-order valence-electron chi connectivity index (χ4n) is 5.98. The largest absolute Gasteiger partial charge is 0.433 e. The Balaban J connectivity index is 1.47. The van der Waals surface area contributed by atoms with Crippen molar-refractivity contribution in [1.82, 2.24) is 0 Å². The maximum absolute atomic E-state index is 12.9. The maximum Gasteiger partial charge on any atom is 0.311 e. The summed E-state index contributed by atoms with van der Waals surface area (Å²) >= 11 is 0. The predicted molar refractivity (Wildman–Crippen MR) is 121 cm³/mol. The Kier molecular flexibility index (Phi) is 9.02. The van der Waals surface area contributed by atoms with Crippen LogP contribution in [-0.4, -0.2) is 37.7 Å². The molecule has 0 spiro atoms. The van der Waals surface area contributed by atoms with Gasteiger partial charge < -0.3 is 18.9 Å². The molecule has 2 aliphatic carbocycles. The number of hydrogen-bond donors (Lipinski definition) is 0. The van der Waals surface area contributed by atoms with Crippen LogP contribution in [0, 0.1) is 47.3 Å². The molecule has 0 amide bonds. The summed E-state index contributed by atoms with van der Waals surface area (Å²) in [5.74, 6) is 2.13. The first-order valence-electron chi connectivity index (χ1n) is 12.8. The lowest BCUT2D eigenvalue weighted by molar-refractivity contribution is -0.280. The molecular weight excluding hydrogens is 408 g/mol. The Morgan fingerprint density at radius 2 is 1.06 bits per heavy atom. The smallest absolute Gasteiger partial charge is 0.311 e. The molecule has 0 radical (unpaired) electrons. The van der Waals surface area contributed by atoms with Crippen molar-refractivity contribution in [3.05, 3.63) is 0 Å². The molecule has 6 nitrogen and oxygen atoms in total. The molecule has 1 saturated heterocycles. The first-order chi connectivity index (χ1) is 15.2. The second-order valence-electron chi connectivity index (χ2n) is 11.3. The van der Waals surface area contributed by atoms with E-state index in [2.05, 4.69) is 41.5 Å². The summed E-state index contributed by atoms with van der Waals surface area (Å²) in [5.41, 5.74) is 0. The van der Waals surface area contributed by atoms with E-state index in [0.29, 0.717) is 35.5 Å². The zero-order valence-corrected chi connectivity index (χ0v) is 20.9. The van der Waals surface area contributed by atoms with Gasteiger partial charge >= 0.3 is 11.9 Å². The standard InChI is InChI=1S/C26H44O6/c1-15(2)19-9-7-17(5)11-21(19)25(27)31-23-13-30-24(14-29-23)32-26(28)22-12-18(6)8-10-20(22)16(3)4/h15-24H,7-14H2,1-6H3. The zero-order chi connectivity index (χ0) is 23.4. The van der Waals surface area contributed by atoms with Crippen molar-refractivity contribution in [2.75, 3.05) is 13.2 Å². The topological polar surface area (TPSA) is 71.1 Å². The minimum Gasteiger partial charge on any atom is -0.433 e. The van der Waals surface area contributed by atoms with Gasteiger partial charge in [0.15, 0.2) is 0 Å². The van der Waals surface area contributed by atoms with Crippen molar-refractivity contribution < 1.29 is 28.5 Å². The number of hydrogen-bond acceptors (Lipinski definition) is 6. The normalized spacial score (nSPS) is 38.5. The van der Waals surface area contributed by atoms with E-state index in [0.717, 1.165) is 25.7 Å². The molecule has 3 rings (SSSR count). The number of carbonyl (C=O) groups excluding carboxylic acids is 2. The van der Waals surface area contributed by atoms with Gasteiger partial charge in [-0.2, -0.15) is 0 Å². The number of carbonyl (C=O) groups is 2. The van der Waals surface area contributed by atoms with Crippen LogP contribution >= 0.6 is 0 Å². The molecule has 0 bridgehead atoms. The molecule has 0 aromatic heterocycles. The zero-order valence-electron chi connectivity index (χ0n) is 20.9. The van der Waals surface area contributed by atoms with Crippen molar-refractivity contribution in [3.8, 4) is 0 Å². The van der Waals surface area contributed by atoms with Crippen LogP contribution in [0.15, 0.2) is 0 Å². The van der Waals surface area contributed by atoms with Crippen molar-refractivity contribution in [2.45, 2.75) is 92.6 Å². The summed E-state index contributed by atoms with van der Waals surface area (Å²) in [6.07, 6.45) is 4.73. The number of ether oxygens (including phenoxy) is 4. The van der Waals surface area contributed by atoms with Gasteiger partial charge in [-0.15, -0.1) is 0 Å². The van der Waals surface area contributed by atoms with Crippen molar-refractivity contribution >= 4 is 11.9 Å². The summed E-state index contributed by atoms with van der Waals surface area (Å²) in [6.45, 7) is 13.3. The van der Waals surface area contributed by atoms with Crippen molar-refractivity contribution in [1.29, 1.82) is 0 Å².